The van der Waals surface area contributed by atoms with Crippen LogP contribution >= 0.6 is 0 Å². The van der Waals surface area contributed by atoms with Crippen LogP contribution in [0.2, 0.25) is 0 Å². The average molecular weight is 1030 g/mol. The smallest absolute Gasteiger partial charge is 0.305 e. The third kappa shape index (κ3) is 59.2. The Kier molecular flexibility index (Phi) is 61.0. The molecular formula is C67H127NO5. The maximum absolute atomic E-state index is 12.4. The minimum absolute atomic E-state index is 0.00511. The number of carbonyl (C=O) groups excluding carboxylic acids is 2. The van der Waals surface area contributed by atoms with E-state index < -0.39 is 12.1 Å². The number of allylic oxidation sites excluding steroid dienone is 5. The van der Waals surface area contributed by atoms with Crippen molar-refractivity contribution in [1.29, 1.82) is 0 Å². The fourth-order valence-electron chi connectivity index (χ4n) is 10.1. The van der Waals surface area contributed by atoms with Crippen molar-refractivity contribution in [1.82, 2.24) is 5.32 Å². The van der Waals surface area contributed by atoms with Gasteiger partial charge in [0.2, 0.25) is 5.91 Å². The molecule has 0 saturated carbocycles. The summed E-state index contributed by atoms with van der Waals surface area (Å²) in [7, 11) is 0. The maximum Gasteiger partial charge on any atom is 0.305 e. The number of nitrogens with one attached hydrogen (secondary N) is 1. The van der Waals surface area contributed by atoms with Crippen LogP contribution in [0.15, 0.2) is 36.5 Å². The Bertz CT molecular complexity index is 1180. The van der Waals surface area contributed by atoms with E-state index in [9.17, 15) is 19.8 Å². The van der Waals surface area contributed by atoms with Crippen molar-refractivity contribution in [2.45, 2.75) is 366 Å². The molecule has 0 radical (unpaired) electrons. The van der Waals surface area contributed by atoms with Crippen molar-refractivity contribution in [3.8, 4) is 0 Å². The van der Waals surface area contributed by atoms with Crippen molar-refractivity contribution in [3.05, 3.63) is 36.5 Å². The van der Waals surface area contributed by atoms with E-state index >= 15 is 0 Å². The maximum atomic E-state index is 12.4. The summed E-state index contributed by atoms with van der Waals surface area (Å²) < 4.78 is 5.48. The number of rotatable bonds is 61. The van der Waals surface area contributed by atoms with Crippen LogP contribution in [0.5, 0.6) is 0 Å². The standard InChI is InChI=1S/C67H127NO5/c1-3-5-7-9-11-13-15-17-33-37-41-45-49-53-57-61-67(72)73-62-58-54-50-46-42-38-35-32-30-28-26-24-22-20-18-19-21-23-25-27-29-31-34-36-40-44-48-52-56-60-66(71)68-64(63-69)65(70)59-55-51-47-43-39-16-14-12-10-8-6-4-2/h11,13,17,33,55,59,64-65,69-70H,3-10,12,14-16,18-32,34-54,56-58,60-63H2,1-2H3,(H,68,71)/b13-11-,33-17-,59-55+. The number of hydrogen-bond donors (Lipinski definition) is 3. The Morgan fingerprint density at radius 2 is 0.685 bits per heavy atom. The van der Waals surface area contributed by atoms with Gasteiger partial charge in [0.25, 0.3) is 0 Å². The molecule has 0 aromatic heterocycles. The second kappa shape index (κ2) is 62.6. The van der Waals surface area contributed by atoms with E-state index in [1.807, 2.05) is 6.08 Å². The fourth-order valence-corrected chi connectivity index (χ4v) is 10.1. The molecule has 0 aromatic rings. The summed E-state index contributed by atoms with van der Waals surface area (Å²) in [5.41, 5.74) is 0. The largest absolute Gasteiger partial charge is 0.466 e. The molecule has 0 rings (SSSR count). The third-order valence-electron chi connectivity index (χ3n) is 15.2. The van der Waals surface area contributed by atoms with Crippen LogP contribution in [0.3, 0.4) is 0 Å². The minimum Gasteiger partial charge on any atom is -0.466 e. The van der Waals surface area contributed by atoms with Crippen LogP contribution in [0.25, 0.3) is 0 Å². The molecule has 2 atom stereocenters. The summed E-state index contributed by atoms with van der Waals surface area (Å²) in [5, 5.41) is 23.1. The van der Waals surface area contributed by atoms with Crippen LogP contribution in [-0.2, 0) is 14.3 Å². The monoisotopic (exact) mass is 1030 g/mol. The highest BCUT2D eigenvalue weighted by atomic mass is 16.5. The lowest BCUT2D eigenvalue weighted by atomic mass is 10.0. The molecule has 3 N–H and O–H groups in total. The molecule has 0 aliphatic carbocycles. The molecule has 6 nitrogen and oxygen atoms in total. The van der Waals surface area contributed by atoms with E-state index in [-0.39, 0.29) is 18.5 Å². The van der Waals surface area contributed by atoms with E-state index in [0.29, 0.717) is 19.4 Å². The second-order valence-corrected chi connectivity index (χ2v) is 22.5. The Morgan fingerprint density at radius 1 is 0.384 bits per heavy atom. The van der Waals surface area contributed by atoms with Gasteiger partial charge in [0.15, 0.2) is 0 Å². The van der Waals surface area contributed by atoms with E-state index in [2.05, 4.69) is 43.5 Å². The zero-order chi connectivity index (χ0) is 52.9. The molecule has 73 heavy (non-hydrogen) atoms. The SMILES string of the molecule is CCCCC/C=C\C/C=C\CCCCCCCC(=O)OCCCCCCCCCCCCCCCCCCCCCCCCCCCCCCCC(=O)NC(CO)C(O)/C=C/CCCCCCCCCCCC. The summed E-state index contributed by atoms with van der Waals surface area (Å²) in [6.07, 6.45) is 79.2. The molecule has 0 aromatic carbocycles. The zero-order valence-corrected chi connectivity index (χ0v) is 49.1. The number of aliphatic hydroxyl groups excluding tert-OH is 2. The number of esters is 1. The lowest BCUT2D eigenvalue weighted by Gasteiger charge is -2.20. The molecule has 0 saturated heterocycles. The van der Waals surface area contributed by atoms with Gasteiger partial charge in [-0.2, -0.15) is 0 Å². The molecule has 0 aliphatic heterocycles. The Morgan fingerprint density at radius 3 is 1.07 bits per heavy atom. The average Bonchev–Trinajstić information content (AvgIpc) is 3.39. The second-order valence-electron chi connectivity index (χ2n) is 22.5. The van der Waals surface area contributed by atoms with Gasteiger partial charge in [0.05, 0.1) is 25.4 Å². The minimum atomic E-state index is -0.841. The number of carbonyl (C=O) groups is 2. The lowest BCUT2D eigenvalue weighted by molar-refractivity contribution is -0.143. The predicted molar refractivity (Wildman–Crippen MR) is 319 cm³/mol. The Labute approximate surface area is 455 Å². The molecule has 1 amide bonds. The van der Waals surface area contributed by atoms with E-state index in [0.717, 1.165) is 51.4 Å². The Hall–Kier alpha value is -1.92. The molecule has 2 unspecified atom stereocenters. The summed E-state index contributed by atoms with van der Waals surface area (Å²) in [4.78, 5) is 24.5. The van der Waals surface area contributed by atoms with Gasteiger partial charge in [-0.1, -0.05) is 314 Å². The fraction of sp³-hybridized carbons (Fsp3) is 0.881. The van der Waals surface area contributed by atoms with Crippen LogP contribution in [0.4, 0.5) is 0 Å². The topological polar surface area (TPSA) is 95.9 Å². The van der Waals surface area contributed by atoms with Gasteiger partial charge in [0, 0.05) is 12.8 Å². The summed E-state index contributed by atoms with van der Waals surface area (Å²) in [6, 6.07) is -0.624. The van der Waals surface area contributed by atoms with Crippen molar-refractivity contribution in [2.24, 2.45) is 0 Å². The zero-order valence-electron chi connectivity index (χ0n) is 49.1. The highest BCUT2D eigenvalue weighted by Gasteiger charge is 2.18. The predicted octanol–water partition coefficient (Wildman–Crippen LogP) is 20.8. The van der Waals surface area contributed by atoms with Crippen LogP contribution in [-0.4, -0.2) is 47.4 Å². The van der Waals surface area contributed by atoms with Gasteiger partial charge in [-0.3, -0.25) is 9.59 Å². The van der Waals surface area contributed by atoms with Crippen molar-refractivity contribution in [3.63, 3.8) is 0 Å². The molecule has 0 fully saturated rings. The summed E-state index contributed by atoms with van der Waals surface area (Å²) >= 11 is 0. The molecular weight excluding hydrogens is 899 g/mol. The highest BCUT2D eigenvalue weighted by molar-refractivity contribution is 5.76. The number of unbranched alkanes of at least 4 members (excludes halogenated alkanes) is 46. The number of amides is 1. The van der Waals surface area contributed by atoms with Gasteiger partial charge in [-0.25, -0.2) is 0 Å². The quantitative estimate of drug-likeness (QED) is 0.0320. The first-order valence-electron chi connectivity index (χ1n) is 32.8. The summed E-state index contributed by atoms with van der Waals surface area (Å²) in [5.74, 6) is -0.0591. The first kappa shape index (κ1) is 71.1. The van der Waals surface area contributed by atoms with Gasteiger partial charge in [0.1, 0.15) is 0 Å². The Balaban J connectivity index is 3.34. The molecule has 6 heteroatoms. The first-order chi connectivity index (χ1) is 36.0. The number of ether oxygens (including phenoxy) is 1. The first-order valence-corrected chi connectivity index (χ1v) is 32.8. The molecule has 0 aliphatic rings. The van der Waals surface area contributed by atoms with Crippen molar-refractivity contribution < 1.29 is 24.5 Å². The van der Waals surface area contributed by atoms with Crippen molar-refractivity contribution >= 4 is 11.9 Å². The van der Waals surface area contributed by atoms with E-state index in [4.69, 9.17) is 4.74 Å². The molecule has 430 valence electrons. The molecule has 0 bridgehead atoms. The number of aliphatic hydroxyl groups is 2. The molecule has 0 heterocycles. The van der Waals surface area contributed by atoms with Gasteiger partial charge in [-0.05, 0) is 64.2 Å². The van der Waals surface area contributed by atoms with Gasteiger partial charge >= 0.3 is 5.97 Å². The van der Waals surface area contributed by atoms with Crippen LogP contribution in [0, 0.1) is 0 Å². The van der Waals surface area contributed by atoms with Gasteiger partial charge in [-0.15, -0.1) is 0 Å². The van der Waals surface area contributed by atoms with Gasteiger partial charge < -0.3 is 20.3 Å². The lowest BCUT2D eigenvalue weighted by Crippen LogP contribution is -2.45. The number of hydrogen-bond acceptors (Lipinski definition) is 5. The van der Waals surface area contributed by atoms with Crippen LogP contribution in [0.1, 0.15) is 354 Å². The third-order valence-corrected chi connectivity index (χ3v) is 15.2. The highest BCUT2D eigenvalue weighted by Crippen LogP contribution is 2.18. The normalized spacial score (nSPS) is 12.8. The van der Waals surface area contributed by atoms with E-state index in [1.165, 1.54) is 276 Å². The van der Waals surface area contributed by atoms with E-state index in [1.54, 1.807) is 6.08 Å². The van der Waals surface area contributed by atoms with Crippen molar-refractivity contribution in [2.75, 3.05) is 13.2 Å². The summed E-state index contributed by atoms with van der Waals surface area (Å²) in [6.45, 7) is 4.88. The molecule has 0 spiro atoms. The van der Waals surface area contributed by atoms with Crippen LogP contribution < -0.4 is 5.32 Å².